The van der Waals surface area contributed by atoms with E-state index in [-0.39, 0.29) is 21.3 Å². The molecule has 32 heavy (non-hydrogen) atoms. The SMILES string of the molecule is CS(=O)(=O)c1cccc(-c2ccc(-c3cc(C(F)(F)F)nn3-c3cc(Cl)ccc3Cl)s2)c1. The third-order valence-corrected chi connectivity index (χ3v) is 7.36. The molecule has 166 valence electrons. The molecule has 0 radical (unpaired) electrons. The van der Waals surface area contributed by atoms with Gasteiger partial charge in [0.2, 0.25) is 0 Å². The molecule has 4 nitrogen and oxygen atoms in total. The van der Waals surface area contributed by atoms with Crippen LogP contribution < -0.4 is 0 Å². The van der Waals surface area contributed by atoms with Crippen LogP contribution in [0.1, 0.15) is 5.69 Å². The molecule has 11 heteroatoms. The van der Waals surface area contributed by atoms with Crippen molar-refractivity contribution in [2.75, 3.05) is 6.26 Å². The van der Waals surface area contributed by atoms with Gasteiger partial charge in [0.25, 0.3) is 0 Å². The van der Waals surface area contributed by atoms with Gasteiger partial charge >= 0.3 is 6.18 Å². The quantitative estimate of drug-likeness (QED) is 0.293. The molecule has 2 aromatic heterocycles. The summed E-state index contributed by atoms with van der Waals surface area (Å²) >= 11 is 13.5. The normalized spacial score (nSPS) is 12.3. The number of halogens is 5. The minimum atomic E-state index is -4.66. The van der Waals surface area contributed by atoms with E-state index in [9.17, 15) is 21.6 Å². The van der Waals surface area contributed by atoms with Gasteiger partial charge in [-0.2, -0.15) is 18.3 Å². The minimum absolute atomic E-state index is 0.153. The minimum Gasteiger partial charge on any atom is -0.230 e. The average Bonchev–Trinajstić information content (AvgIpc) is 3.36. The Hall–Kier alpha value is -2.33. The Morgan fingerprint density at radius 3 is 2.38 bits per heavy atom. The monoisotopic (exact) mass is 516 g/mol. The van der Waals surface area contributed by atoms with Gasteiger partial charge in [0.1, 0.15) is 0 Å². The van der Waals surface area contributed by atoms with Crippen molar-refractivity contribution in [2.45, 2.75) is 11.1 Å². The molecule has 0 saturated heterocycles. The van der Waals surface area contributed by atoms with E-state index in [0.717, 1.165) is 17.0 Å². The number of rotatable bonds is 4. The topological polar surface area (TPSA) is 52.0 Å². The Labute approximate surface area is 195 Å². The van der Waals surface area contributed by atoms with E-state index >= 15 is 0 Å². The fraction of sp³-hybridized carbons (Fsp3) is 0.0952. The number of hydrogen-bond acceptors (Lipinski definition) is 4. The summed E-state index contributed by atoms with van der Waals surface area (Å²) in [5.74, 6) is 0. The lowest BCUT2D eigenvalue weighted by Crippen LogP contribution is -2.07. The second-order valence-electron chi connectivity index (χ2n) is 6.88. The number of hydrogen-bond donors (Lipinski definition) is 0. The highest BCUT2D eigenvalue weighted by Gasteiger charge is 2.35. The molecular formula is C21H13Cl2F3N2O2S2. The van der Waals surface area contributed by atoms with Gasteiger partial charge in [0, 0.05) is 16.2 Å². The first kappa shape index (κ1) is 22.8. The summed E-state index contributed by atoms with van der Waals surface area (Å²) in [5, 5.41) is 4.21. The van der Waals surface area contributed by atoms with Gasteiger partial charge in [-0.15, -0.1) is 11.3 Å². The van der Waals surface area contributed by atoms with E-state index in [1.807, 2.05) is 0 Å². The van der Waals surface area contributed by atoms with Crippen LogP contribution in [0.5, 0.6) is 0 Å². The molecular weight excluding hydrogens is 504 g/mol. The molecule has 0 aliphatic carbocycles. The number of thiophene rings is 1. The maximum absolute atomic E-state index is 13.4. The highest BCUT2D eigenvalue weighted by atomic mass is 35.5. The standard InChI is InChI=1S/C21H13Cl2F3N2O2S2/c1-32(29,30)14-4-2-3-12(9-14)18-7-8-19(31-18)17-11-20(21(24,25)26)27-28(17)16-10-13(22)5-6-15(16)23/h2-11H,1H3. The molecule has 4 aromatic rings. The van der Waals surface area contributed by atoms with Gasteiger partial charge in [-0.3, -0.25) is 0 Å². The smallest absolute Gasteiger partial charge is 0.230 e. The number of benzene rings is 2. The molecule has 0 amide bonds. The number of nitrogens with zero attached hydrogens (tertiary/aromatic N) is 2. The van der Waals surface area contributed by atoms with Crippen molar-refractivity contribution in [2.24, 2.45) is 0 Å². The van der Waals surface area contributed by atoms with Crippen molar-refractivity contribution in [1.29, 1.82) is 0 Å². The van der Waals surface area contributed by atoms with Crippen LogP contribution in [0.4, 0.5) is 13.2 Å². The fourth-order valence-corrected chi connectivity index (χ4v) is 5.07. The molecule has 0 bridgehead atoms. The molecule has 0 spiro atoms. The summed E-state index contributed by atoms with van der Waals surface area (Å²) in [6.45, 7) is 0. The molecule has 0 fully saturated rings. The number of sulfone groups is 1. The van der Waals surface area contributed by atoms with Crippen LogP contribution in [0.25, 0.3) is 26.7 Å². The van der Waals surface area contributed by atoms with E-state index in [0.29, 0.717) is 20.3 Å². The zero-order chi connectivity index (χ0) is 23.3. The molecule has 4 rings (SSSR count). The van der Waals surface area contributed by atoms with Crippen molar-refractivity contribution in [3.63, 3.8) is 0 Å². The first-order valence-corrected chi connectivity index (χ1v) is 12.4. The fourth-order valence-electron chi connectivity index (χ4n) is 3.04. The van der Waals surface area contributed by atoms with Crippen LogP contribution in [0.3, 0.4) is 0 Å². The van der Waals surface area contributed by atoms with Crippen molar-refractivity contribution < 1.29 is 21.6 Å². The summed E-state index contributed by atoms with van der Waals surface area (Å²) in [6, 6.07) is 15.1. The van der Waals surface area contributed by atoms with Crippen LogP contribution in [0.2, 0.25) is 10.0 Å². The highest BCUT2D eigenvalue weighted by Crippen LogP contribution is 2.40. The average molecular weight is 517 g/mol. The summed E-state index contributed by atoms with van der Waals surface area (Å²) in [7, 11) is -3.40. The number of aromatic nitrogens is 2. The molecule has 0 aliphatic heterocycles. The van der Waals surface area contributed by atoms with Gasteiger partial charge in [0.15, 0.2) is 15.5 Å². The molecule has 0 atom stereocenters. The summed E-state index contributed by atoms with van der Waals surface area (Å²) in [6.07, 6.45) is -3.55. The van der Waals surface area contributed by atoms with Gasteiger partial charge in [-0.1, -0.05) is 35.3 Å². The van der Waals surface area contributed by atoms with Crippen molar-refractivity contribution in [1.82, 2.24) is 9.78 Å². The largest absolute Gasteiger partial charge is 0.435 e. The van der Waals surface area contributed by atoms with Crippen molar-refractivity contribution in [3.8, 4) is 26.7 Å². The molecule has 2 aromatic carbocycles. The van der Waals surface area contributed by atoms with Crippen LogP contribution in [0.15, 0.2) is 65.6 Å². The van der Waals surface area contributed by atoms with Gasteiger partial charge in [-0.05, 0) is 54.1 Å². The second kappa shape index (κ2) is 8.22. The lowest BCUT2D eigenvalue weighted by molar-refractivity contribution is -0.141. The van der Waals surface area contributed by atoms with E-state index in [4.69, 9.17) is 23.2 Å². The molecule has 0 saturated carbocycles. The zero-order valence-electron chi connectivity index (χ0n) is 16.2. The summed E-state index contributed by atoms with van der Waals surface area (Å²) < 4.78 is 65.1. The second-order valence-corrected chi connectivity index (χ2v) is 10.8. The summed E-state index contributed by atoms with van der Waals surface area (Å²) in [5.41, 5.74) is -0.0552. The number of alkyl halides is 3. The van der Waals surface area contributed by atoms with E-state index in [1.54, 1.807) is 24.3 Å². The van der Waals surface area contributed by atoms with Crippen LogP contribution in [0, 0.1) is 0 Å². The first-order chi connectivity index (χ1) is 14.9. The lowest BCUT2D eigenvalue weighted by Gasteiger charge is -2.09. The van der Waals surface area contributed by atoms with Crippen LogP contribution >= 0.6 is 34.5 Å². The maximum Gasteiger partial charge on any atom is 0.435 e. The molecule has 0 N–H and O–H groups in total. The van der Waals surface area contributed by atoms with E-state index in [1.165, 1.54) is 41.7 Å². The molecule has 0 unspecified atom stereocenters. The predicted molar refractivity (Wildman–Crippen MR) is 120 cm³/mol. The third-order valence-electron chi connectivity index (χ3n) is 4.54. The van der Waals surface area contributed by atoms with Crippen LogP contribution in [-0.4, -0.2) is 24.5 Å². The Balaban J connectivity index is 1.86. The molecule has 2 heterocycles. The zero-order valence-corrected chi connectivity index (χ0v) is 19.3. The van der Waals surface area contributed by atoms with Crippen LogP contribution in [-0.2, 0) is 16.0 Å². The van der Waals surface area contributed by atoms with E-state index < -0.39 is 21.7 Å². The lowest BCUT2D eigenvalue weighted by atomic mass is 10.2. The van der Waals surface area contributed by atoms with Crippen molar-refractivity contribution in [3.05, 3.63) is 76.4 Å². The first-order valence-electron chi connectivity index (χ1n) is 8.97. The van der Waals surface area contributed by atoms with Gasteiger partial charge < -0.3 is 0 Å². The van der Waals surface area contributed by atoms with Gasteiger partial charge in [0.05, 0.1) is 26.2 Å². The van der Waals surface area contributed by atoms with E-state index in [2.05, 4.69) is 5.10 Å². The Bertz CT molecular complexity index is 1430. The highest BCUT2D eigenvalue weighted by molar-refractivity contribution is 7.90. The summed E-state index contributed by atoms with van der Waals surface area (Å²) in [4.78, 5) is 1.33. The maximum atomic E-state index is 13.4. The third kappa shape index (κ3) is 4.56. The molecule has 0 aliphatic rings. The predicted octanol–water partition coefficient (Wildman–Crippen LogP) is 7.00. The Morgan fingerprint density at radius 1 is 0.969 bits per heavy atom. The van der Waals surface area contributed by atoms with Crippen molar-refractivity contribution >= 4 is 44.4 Å². The van der Waals surface area contributed by atoms with Gasteiger partial charge in [-0.25, -0.2) is 13.1 Å². The Morgan fingerprint density at radius 2 is 1.69 bits per heavy atom. The Kier molecular flexibility index (Phi) is 5.87.